The Labute approximate surface area is 132 Å². The first kappa shape index (κ1) is 15.7. The van der Waals surface area contributed by atoms with Crippen molar-refractivity contribution in [2.24, 2.45) is 0 Å². The Balaban J connectivity index is 2.25. The van der Waals surface area contributed by atoms with Gasteiger partial charge in [-0.2, -0.15) is 0 Å². The fourth-order valence-electron chi connectivity index (χ4n) is 1.93. The van der Waals surface area contributed by atoms with Crippen molar-refractivity contribution in [1.29, 1.82) is 0 Å². The lowest BCUT2D eigenvalue weighted by molar-refractivity contribution is -0.144. The number of rotatable bonds is 4. The number of benzene rings is 1. The highest BCUT2D eigenvalue weighted by atomic mass is 32.2. The van der Waals surface area contributed by atoms with E-state index in [0.717, 1.165) is 28.6 Å². The number of amides is 1. The first-order valence-corrected chi connectivity index (χ1v) is 7.75. The maximum atomic E-state index is 12.3. The van der Waals surface area contributed by atoms with Gasteiger partial charge in [-0.05, 0) is 30.5 Å². The SMILES string of the molecule is CCc1ccc(/C=C2/SC(=S)N([C@H](C)C(=O)O)C2=O)cc1. The molecule has 1 heterocycles. The lowest BCUT2D eigenvalue weighted by atomic mass is 10.1. The lowest BCUT2D eigenvalue weighted by Crippen LogP contribution is -2.41. The second-order valence-electron chi connectivity index (χ2n) is 4.66. The molecule has 1 aliphatic rings. The molecule has 0 aromatic heterocycles. The van der Waals surface area contributed by atoms with E-state index in [0.29, 0.717) is 4.91 Å². The normalized spacial score (nSPS) is 18.4. The highest BCUT2D eigenvalue weighted by Crippen LogP contribution is 2.33. The molecule has 1 aliphatic heterocycles. The zero-order valence-corrected chi connectivity index (χ0v) is 13.3. The fraction of sp³-hybridized carbons (Fsp3) is 0.267. The van der Waals surface area contributed by atoms with E-state index in [4.69, 9.17) is 17.3 Å². The van der Waals surface area contributed by atoms with Crippen LogP contribution in [0.3, 0.4) is 0 Å². The molecule has 0 bridgehead atoms. The summed E-state index contributed by atoms with van der Waals surface area (Å²) in [5.41, 5.74) is 2.12. The molecule has 4 nitrogen and oxygen atoms in total. The molecule has 1 atom stereocenters. The molecule has 21 heavy (non-hydrogen) atoms. The van der Waals surface area contributed by atoms with Crippen LogP contribution in [-0.4, -0.2) is 32.2 Å². The molecule has 1 aromatic rings. The zero-order valence-electron chi connectivity index (χ0n) is 11.7. The third-order valence-corrected chi connectivity index (χ3v) is 4.58. The molecule has 1 aromatic carbocycles. The minimum Gasteiger partial charge on any atom is -0.480 e. The van der Waals surface area contributed by atoms with Crippen molar-refractivity contribution >= 4 is 46.3 Å². The van der Waals surface area contributed by atoms with Crippen LogP contribution in [0.1, 0.15) is 25.0 Å². The second kappa shape index (κ2) is 6.41. The molecule has 0 unspecified atom stereocenters. The minimum atomic E-state index is -1.07. The van der Waals surface area contributed by atoms with Crippen molar-refractivity contribution in [1.82, 2.24) is 4.90 Å². The van der Waals surface area contributed by atoms with Crippen molar-refractivity contribution in [3.63, 3.8) is 0 Å². The highest BCUT2D eigenvalue weighted by Gasteiger charge is 2.38. The number of hydrogen-bond acceptors (Lipinski definition) is 4. The standard InChI is InChI=1S/C15H15NO3S2/c1-3-10-4-6-11(7-5-10)8-12-13(17)16(15(20)21-12)9(2)14(18)19/h4-9H,3H2,1-2H3,(H,18,19)/b12-8+/t9-/m1/s1. The van der Waals surface area contributed by atoms with Gasteiger partial charge < -0.3 is 5.11 Å². The van der Waals surface area contributed by atoms with Crippen molar-refractivity contribution < 1.29 is 14.7 Å². The van der Waals surface area contributed by atoms with E-state index in [1.807, 2.05) is 24.3 Å². The Morgan fingerprint density at radius 3 is 2.57 bits per heavy atom. The molecular formula is C15H15NO3S2. The van der Waals surface area contributed by atoms with Gasteiger partial charge in [0.15, 0.2) is 0 Å². The number of carbonyl (C=O) groups excluding carboxylic acids is 1. The fourth-order valence-corrected chi connectivity index (χ4v) is 3.34. The van der Waals surface area contributed by atoms with Gasteiger partial charge >= 0.3 is 5.97 Å². The Bertz CT molecular complexity index is 622. The summed E-state index contributed by atoms with van der Waals surface area (Å²) in [5, 5.41) is 9.03. The van der Waals surface area contributed by atoms with Gasteiger partial charge in [-0.25, -0.2) is 4.79 Å². The molecule has 0 saturated carbocycles. The number of nitrogens with zero attached hydrogens (tertiary/aromatic N) is 1. The summed E-state index contributed by atoms with van der Waals surface area (Å²) in [5.74, 6) is -1.42. The van der Waals surface area contributed by atoms with Crippen LogP contribution in [0.15, 0.2) is 29.2 Å². The summed E-state index contributed by atoms with van der Waals surface area (Å²) in [6.45, 7) is 3.53. The summed E-state index contributed by atoms with van der Waals surface area (Å²) in [6, 6.07) is 6.93. The van der Waals surface area contributed by atoms with E-state index in [1.165, 1.54) is 12.5 Å². The number of carboxylic acids is 1. The monoisotopic (exact) mass is 321 g/mol. The first-order chi connectivity index (χ1) is 9.93. The molecular weight excluding hydrogens is 306 g/mol. The number of carboxylic acid groups (broad SMARTS) is 1. The van der Waals surface area contributed by atoms with Gasteiger partial charge in [-0.1, -0.05) is 55.2 Å². The number of thiocarbonyl (C=S) groups is 1. The largest absolute Gasteiger partial charge is 0.480 e. The Morgan fingerprint density at radius 1 is 1.43 bits per heavy atom. The van der Waals surface area contributed by atoms with Crippen molar-refractivity contribution in [3.05, 3.63) is 40.3 Å². The molecule has 1 N–H and O–H groups in total. The summed E-state index contributed by atoms with van der Waals surface area (Å²) in [7, 11) is 0. The van der Waals surface area contributed by atoms with Crippen molar-refractivity contribution in [2.45, 2.75) is 26.3 Å². The van der Waals surface area contributed by atoms with E-state index in [2.05, 4.69) is 6.92 Å². The Morgan fingerprint density at radius 2 is 2.05 bits per heavy atom. The summed E-state index contributed by atoms with van der Waals surface area (Å²) < 4.78 is 0.284. The number of aryl methyl sites for hydroxylation is 1. The van der Waals surface area contributed by atoms with Crippen molar-refractivity contribution in [3.8, 4) is 0 Å². The van der Waals surface area contributed by atoms with E-state index >= 15 is 0 Å². The molecule has 1 amide bonds. The van der Waals surface area contributed by atoms with Gasteiger partial charge in [-0.15, -0.1) is 0 Å². The predicted octanol–water partition coefficient (Wildman–Crippen LogP) is 2.92. The van der Waals surface area contributed by atoms with Crippen LogP contribution in [0.5, 0.6) is 0 Å². The Hall–Kier alpha value is -1.66. The van der Waals surface area contributed by atoms with Crippen LogP contribution in [0.2, 0.25) is 0 Å². The number of thioether (sulfide) groups is 1. The summed E-state index contributed by atoms with van der Waals surface area (Å²) >= 11 is 6.25. The number of hydrogen-bond donors (Lipinski definition) is 1. The van der Waals surface area contributed by atoms with Gasteiger partial charge in [0.05, 0.1) is 4.91 Å². The maximum Gasteiger partial charge on any atom is 0.326 e. The average molecular weight is 321 g/mol. The molecule has 6 heteroatoms. The molecule has 0 spiro atoms. The van der Waals surface area contributed by atoms with E-state index < -0.39 is 12.0 Å². The average Bonchev–Trinajstić information content (AvgIpc) is 2.73. The molecule has 1 saturated heterocycles. The molecule has 2 rings (SSSR count). The second-order valence-corrected chi connectivity index (χ2v) is 6.34. The molecule has 0 radical (unpaired) electrons. The van der Waals surface area contributed by atoms with Gasteiger partial charge in [0, 0.05) is 0 Å². The van der Waals surface area contributed by atoms with E-state index in [-0.39, 0.29) is 10.2 Å². The summed E-state index contributed by atoms with van der Waals surface area (Å²) in [4.78, 5) is 24.9. The third-order valence-electron chi connectivity index (χ3n) is 3.25. The maximum absolute atomic E-state index is 12.3. The van der Waals surface area contributed by atoms with E-state index in [1.54, 1.807) is 6.08 Å². The van der Waals surface area contributed by atoms with Crippen LogP contribution >= 0.6 is 24.0 Å². The van der Waals surface area contributed by atoms with Crippen LogP contribution in [0.4, 0.5) is 0 Å². The highest BCUT2D eigenvalue weighted by molar-refractivity contribution is 8.26. The molecule has 110 valence electrons. The molecule has 0 aliphatic carbocycles. The van der Waals surface area contributed by atoms with Gasteiger partial charge in [0.2, 0.25) is 0 Å². The van der Waals surface area contributed by atoms with Crippen LogP contribution in [0.25, 0.3) is 6.08 Å². The molecule has 1 fully saturated rings. The minimum absolute atomic E-state index is 0.284. The van der Waals surface area contributed by atoms with Gasteiger partial charge in [0.25, 0.3) is 5.91 Å². The summed E-state index contributed by atoms with van der Waals surface area (Å²) in [6.07, 6.45) is 2.70. The van der Waals surface area contributed by atoms with Crippen molar-refractivity contribution in [2.75, 3.05) is 0 Å². The lowest BCUT2D eigenvalue weighted by Gasteiger charge is -2.18. The quantitative estimate of drug-likeness (QED) is 0.682. The van der Waals surface area contributed by atoms with Crippen LogP contribution < -0.4 is 0 Å². The smallest absolute Gasteiger partial charge is 0.326 e. The van der Waals surface area contributed by atoms with Crippen LogP contribution in [0, 0.1) is 0 Å². The number of carbonyl (C=O) groups is 2. The van der Waals surface area contributed by atoms with Crippen LogP contribution in [-0.2, 0) is 16.0 Å². The zero-order chi connectivity index (χ0) is 15.6. The topological polar surface area (TPSA) is 57.6 Å². The van der Waals surface area contributed by atoms with Gasteiger partial charge in [0.1, 0.15) is 10.4 Å². The van der Waals surface area contributed by atoms with E-state index in [9.17, 15) is 9.59 Å². The van der Waals surface area contributed by atoms with Gasteiger partial charge in [-0.3, -0.25) is 9.69 Å². The first-order valence-electron chi connectivity index (χ1n) is 6.53. The Kier molecular flexibility index (Phi) is 4.80. The third kappa shape index (κ3) is 3.33. The number of aliphatic carboxylic acids is 1. The predicted molar refractivity (Wildman–Crippen MR) is 87.9 cm³/mol.